The average Bonchev–Trinajstić information content (AvgIpc) is 3.69. The molecule has 3 fully saturated rings. The number of ether oxygens (including phenoxy) is 4. The van der Waals surface area contributed by atoms with Gasteiger partial charge in [-0.15, -0.1) is 0 Å². The summed E-state index contributed by atoms with van der Waals surface area (Å²) in [4.78, 5) is 13.0. The lowest BCUT2D eigenvalue weighted by molar-refractivity contribution is -0.284. The maximum atomic E-state index is 13.0. The fraction of sp³-hybridized carbons (Fsp3) is 0.633. The lowest BCUT2D eigenvalue weighted by Crippen LogP contribution is -2.55. The smallest absolute Gasteiger partial charge is 0.251 e. The van der Waals surface area contributed by atoms with Crippen molar-refractivity contribution in [2.24, 2.45) is 5.92 Å². The minimum absolute atomic E-state index is 0.00956. The van der Waals surface area contributed by atoms with Crippen molar-refractivity contribution in [2.45, 2.75) is 88.8 Å². The van der Waals surface area contributed by atoms with Gasteiger partial charge in [0, 0.05) is 26.1 Å². The van der Waals surface area contributed by atoms with E-state index in [-0.39, 0.29) is 30.1 Å². The van der Waals surface area contributed by atoms with Gasteiger partial charge in [0.25, 0.3) is 5.91 Å². The van der Waals surface area contributed by atoms with Crippen LogP contribution in [0, 0.1) is 5.92 Å². The quantitative estimate of drug-likeness (QED) is 0.331. The van der Waals surface area contributed by atoms with Gasteiger partial charge in [-0.05, 0) is 57.7 Å². The van der Waals surface area contributed by atoms with Gasteiger partial charge >= 0.3 is 0 Å². The third kappa shape index (κ3) is 7.39. The molecule has 0 bridgehead atoms. The highest BCUT2D eigenvalue weighted by molar-refractivity contribution is 7.92. The molecule has 41 heavy (non-hydrogen) atoms. The van der Waals surface area contributed by atoms with Gasteiger partial charge in [-0.1, -0.05) is 36.8 Å². The first-order valence-electron chi connectivity index (χ1n) is 14.1. The summed E-state index contributed by atoms with van der Waals surface area (Å²) in [6.07, 6.45) is 7.48. The zero-order chi connectivity index (χ0) is 30.2. The van der Waals surface area contributed by atoms with Crippen LogP contribution in [0.15, 0.2) is 48.1 Å². The number of aliphatic hydroxyl groups excluding tert-OH is 1. The standard InChI is InChI=1S/C30H44N2O8S/c1-19(12-14-26-27(33)30(18-38-30)17-29(4,37-6)40-26)11-13-25-20(2)15-24(21(3)39-25)31-28(34)22-9-8-10-23(16-22)32(5)41(7,35)36/h8-12,14,16,20-21,24-27,33H,13,15,17-18H2,1-7H3,(H,31,34)/b14-12?,19-11+/t20-,21+,24+,25-,26+,27+,29+,30+/m0/s1. The van der Waals surface area contributed by atoms with Crippen molar-refractivity contribution in [3.8, 4) is 0 Å². The first-order valence-corrected chi connectivity index (χ1v) is 15.9. The Balaban J connectivity index is 1.32. The molecule has 3 aliphatic heterocycles. The van der Waals surface area contributed by atoms with E-state index in [2.05, 4.69) is 18.3 Å². The Labute approximate surface area is 243 Å². The van der Waals surface area contributed by atoms with Crippen molar-refractivity contribution in [1.82, 2.24) is 5.32 Å². The summed E-state index contributed by atoms with van der Waals surface area (Å²) in [5, 5.41) is 13.8. The van der Waals surface area contributed by atoms with Crippen LogP contribution in [0.5, 0.6) is 0 Å². The van der Waals surface area contributed by atoms with Crippen molar-refractivity contribution in [3.63, 3.8) is 0 Å². The van der Waals surface area contributed by atoms with E-state index in [0.29, 0.717) is 30.7 Å². The summed E-state index contributed by atoms with van der Waals surface area (Å²) in [5.41, 5.74) is 1.24. The van der Waals surface area contributed by atoms with Crippen LogP contribution in [0.3, 0.4) is 0 Å². The van der Waals surface area contributed by atoms with Gasteiger partial charge in [0.2, 0.25) is 10.0 Å². The first-order chi connectivity index (χ1) is 19.2. The molecule has 1 aromatic rings. The van der Waals surface area contributed by atoms with E-state index in [0.717, 1.165) is 22.6 Å². The summed E-state index contributed by atoms with van der Waals surface area (Å²) in [6.45, 7) is 8.43. The molecule has 2 N–H and O–H groups in total. The molecule has 0 aromatic heterocycles. The van der Waals surface area contributed by atoms with Gasteiger partial charge in [-0.2, -0.15) is 0 Å². The highest BCUT2D eigenvalue weighted by atomic mass is 32.2. The predicted octanol–water partition coefficient (Wildman–Crippen LogP) is 3.17. The Morgan fingerprint density at radius 2 is 2.02 bits per heavy atom. The van der Waals surface area contributed by atoms with Crippen molar-refractivity contribution >= 4 is 21.6 Å². The van der Waals surface area contributed by atoms with Gasteiger partial charge in [0.15, 0.2) is 5.79 Å². The fourth-order valence-corrected chi connectivity index (χ4v) is 6.08. The van der Waals surface area contributed by atoms with Gasteiger partial charge in [-0.3, -0.25) is 9.10 Å². The third-order valence-corrected chi connectivity index (χ3v) is 9.73. The number of anilines is 1. The summed E-state index contributed by atoms with van der Waals surface area (Å²) in [7, 11) is -0.379. The molecule has 1 aromatic carbocycles. The molecule has 3 saturated heterocycles. The molecule has 1 spiro atoms. The number of methoxy groups -OCH3 is 1. The summed E-state index contributed by atoms with van der Waals surface area (Å²) in [5.74, 6) is -0.883. The number of aliphatic hydroxyl groups is 1. The van der Waals surface area contributed by atoms with Crippen LogP contribution >= 0.6 is 0 Å². The Morgan fingerprint density at radius 1 is 1.32 bits per heavy atom. The lowest BCUT2D eigenvalue weighted by atomic mass is 9.87. The first kappa shape index (κ1) is 31.7. The number of amides is 1. The van der Waals surface area contributed by atoms with Crippen LogP contribution in [0.4, 0.5) is 5.69 Å². The van der Waals surface area contributed by atoms with Crippen LogP contribution in [-0.4, -0.2) is 88.3 Å². The zero-order valence-electron chi connectivity index (χ0n) is 25.0. The van der Waals surface area contributed by atoms with E-state index in [9.17, 15) is 18.3 Å². The second kappa shape index (κ2) is 12.1. The number of nitrogens with zero attached hydrogens (tertiary/aromatic N) is 1. The third-order valence-electron chi connectivity index (χ3n) is 8.53. The number of epoxide rings is 1. The number of carbonyl (C=O) groups excluding carboxylic acids is 1. The molecule has 0 unspecified atom stereocenters. The van der Waals surface area contributed by atoms with Crippen LogP contribution < -0.4 is 9.62 Å². The fourth-order valence-electron chi connectivity index (χ4n) is 5.59. The van der Waals surface area contributed by atoms with Crippen LogP contribution in [-0.2, 0) is 29.0 Å². The Bertz CT molecular complexity index is 1280. The summed E-state index contributed by atoms with van der Waals surface area (Å²) in [6, 6.07) is 6.39. The van der Waals surface area contributed by atoms with Gasteiger partial charge in [-0.25, -0.2) is 8.42 Å². The number of rotatable bonds is 9. The molecule has 0 aliphatic carbocycles. The molecule has 11 heteroatoms. The van der Waals surface area contributed by atoms with E-state index in [1.54, 1.807) is 31.4 Å². The molecule has 3 heterocycles. The highest BCUT2D eigenvalue weighted by Gasteiger charge is 2.61. The van der Waals surface area contributed by atoms with E-state index in [1.807, 2.05) is 32.9 Å². The number of hydrogen-bond acceptors (Lipinski definition) is 8. The number of carbonyl (C=O) groups is 1. The van der Waals surface area contributed by atoms with Gasteiger partial charge < -0.3 is 29.4 Å². The van der Waals surface area contributed by atoms with Crippen LogP contribution in [0.25, 0.3) is 0 Å². The topological polar surface area (TPSA) is 127 Å². The number of benzene rings is 1. The molecule has 228 valence electrons. The minimum Gasteiger partial charge on any atom is -0.387 e. The molecular weight excluding hydrogens is 548 g/mol. The van der Waals surface area contributed by atoms with Crippen LogP contribution in [0.2, 0.25) is 0 Å². The van der Waals surface area contributed by atoms with Crippen molar-refractivity contribution in [2.75, 3.05) is 31.3 Å². The van der Waals surface area contributed by atoms with E-state index >= 15 is 0 Å². The summed E-state index contributed by atoms with van der Waals surface area (Å²) >= 11 is 0. The molecule has 10 nitrogen and oxygen atoms in total. The maximum Gasteiger partial charge on any atom is 0.251 e. The van der Waals surface area contributed by atoms with Crippen molar-refractivity contribution in [1.29, 1.82) is 0 Å². The molecule has 3 aliphatic rings. The van der Waals surface area contributed by atoms with E-state index in [1.165, 1.54) is 7.05 Å². The molecular formula is C30H44N2O8S. The SMILES string of the molecule is CO[C@@]1(C)C[C@@]2(CO2)[C@H](O)[C@@H](C=C/C(C)=C/C[C@@H]2O[C@H](C)[C@H](NC(=O)c3cccc(N(C)S(C)(=O)=O)c3)C[C@@H]2C)O1. The highest BCUT2D eigenvalue weighted by Crippen LogP contribution is 2.46. The monoisotopic (exact) mass is 592 g/mol. The number of allylic oxidation sites excluding steroid dienone is 2. The lowest BCUT2D eigenvalue weighted by Gasteiger charge is -2.42. The second-order valence-electron chi connectivity index (χ2n) is 11.9. The minimum atomic E-state index is -3.43. The van der Waals surface area contributed by atoms with Gasteiger partial charge in [0.1, 0.15) is 17.8 Å². The predicted molar refractivity (Wildman–Crippen MR) is 156 cm³/mol. The largest absolute Gasteiger partial charge is 0.387 e. The Hall–Kier alpha value is -2.28. The maximum absolute atomic E-state index is 13.0. The zero-order valence-corrected chi connectivity index (χ0v) is 25.8. The second-order valence-corrected chi connectivity index (χ2v) is 13.9. The Morgan fingerprint density at radius 3 is 2.66 bits per heavy atom. The average molecular weight is 593 g/mol. The molecule has 8 atom stereocenters. The Kier molecular flexibility index (Phi) is 9.37. The number of hydrogen-bond donors (Lipinski definition) is 2. The molecule has 4 rings (SSSR count). The van der Waals surface area contributed by atoms with E-state index in [4.69, 9.17) is 18.9 Å². The molecule has 0 radical (unpaired) electrons. The molecule has 0 saturated carbocycles. The van der Waals surface area contributed by atoms with Crippen LogP contribution in [0.1, 0.15) is 57.3 Å². The van der Waals surface area contributed by atoms with Gasteiger partial charge in [0.05, 0.1) is 36.8 Å². The number of nitrogens with one attached hydrogen (secondary N) is 1. The van der Waals surface area contributed by atoms with Crippen molar-refractivity contribution < 1.29 is 37.3 Å². The number of sulfonamides is 1. The summed E-state index contributed by atoms with van der Waals surface area (Å²) < 4.78 is 48.4. The molecule has 1 amide bonds. The van der Waals surface area contributed by atoms with Crippen molar-refractivity contribution in [3.05, 3.63) is 53.6 Å². The van der Waals surface area contributed by atoms with E-state index < -0.39 is 33.6 Å². The normalized spacial score (nSPS) is 36.0.